The number of anilines is 1. The number of aliphatic hydroxyl groups excluding tert-OH is 1. The summed E-state index contributed by atoms with van der Waals surface area (Å²) in [7, 11) is 0. The lowest BCUT2D eigenvalue weighted by Crippen LogP contribution is -2.36. The number of nitrogens with zero attached hydrogens (tertiary/aromatic N) is 2. The zero-order valence-corrected chi connectivity index (χ0v) is 12.3. The number of hydrogen-bond acceptors (Lipinski definition) is 4. The van der Waals surface area contributed by atoms with Crippen molar-refractivity contribution in [3.63, 3.8) is 0 Å². The molecule has 0 bridgehead atoms. The Hall–Kier alpha value is -1.62. The lowest BCUT2D eigenvalue weighted by molar-refractivity contribution is 0.0696. The van der Waals surface area contributed by atoms with Crippen molar-refractivity contribution in [1.29, 1.82) is 0 Å². The Labute approximate surface area is 119 Å². The molecule has 0 atom stereocenters. The van der Waals surface area contributed by atoms with E-state index < -0.39 is 5.97 Å². The number of carboxylic acids is 1. The quantitative estimate of drug-likeness (QED) is 0.866. The van der Waals surface area contributed by atoms with E-state index in [1.165, 1.54) is 0 Å². The molecule has 1 aromatic heterocycles. The average molecular weight is 278 g/mol. The summed E-state index contributed by atoms with van der Waals surface area (Å²) in [6, 6.07) is 3.26. The molecule has 0 radical (unpaired) electrons. The third-order valence-electron chi connectivity index (χ3n) is 3.62. The van der Waals surface area contributed by atoms with Crippen LogP contribution in [0.1, 0.15) is 49.7 Å². The lowest BCUT2D eigenvalue weighted by atomic mass is 9.90. The van der Waals surface area contributed by atoms with Crippen molar-refractivity contribution in [1.82, 2.24) is 4.98 Å². The topological polar surface area (TPSA) is 73.7 Å². The lowest BCUT2D eigenvalue weighted by Gasteiger charge is -2.31. The Bertz CT molecular complexity index is 500. The number of carboxylic acid groups (broad SMARTS) is 1. The zero-order valence-electron chi connectivity index (χ0n) is 12.3. The molecule has 2 heterocycles. The molecule has 1 saturated heterocycles. The van der Waals surface area contributed by atoms with Crippen LogP contribution in [-0.4, -0.2) is 40.4 Å². The normalized spacial score (nSPS) is 17.3. The fourth-order valence-electron chi connectivity index (χ4n) is 2.28. The Kier molecular flexibility index (Phi) is 3.99. The molecule has 5 nitrogen and oxygen atoms in total. The maximum Gasteiger partial charge on any atom is 0.335 e. The van der Waals surface area contributed by atoms with Gasteiger partial charge in [0.2, 0.25) is 0 Å². The average Bonchev–Trinajstić information content (AvgIpc) is 2.38. The highest BCUT2D eigenvalue weighted by molar-refractivity contribution is 5.88. The molecule has 0 unspecified atom stereocenters. The van der Waals surface area contributed by atoms with Gasteiger partial charge in [0.05, 0.1) is 11.7 Å². The molecule has 1 aromatic rings. The Balaban J connectivity index is 2.37. The van der Waals surface area contributed by atoms with Crippen molar-refractivity contribution in [2.75, 3.05) is 18.0 Å². The van der Waals surface area contributed by atoms with E-state index in [9.17, 15) is 15.0 Å². The van der Waals surface area contributed by atoms with E-state index in [0.717, 1.165) is 5.69 Å². The summed E-state index contributed by atoms with van der Waals surface area (Å²) >= 11 is 0. The second kappa shape index (κ2) is 5.40. The number of aromatic nitrogens is 1. The van der Waals surface area contributed by atoms with Crippen molar-refractivity contribution in [3.05, 3.63) is 23.4 Å². The Morgan fingerprint density at radius 1 is 1.30 bits per heavy atom. The van der Waals surface area contributed by atoms with E-state index in [2.05, 4.69) is 9.88 Å². The second-order valence-corrected chi connectivity index (χ2v) is 6.37. The van der Waals surface area contributed by atoms with Gasteiger partial charge in [-0.2, -0.15) is 0 Å². The number of piperidine rings is 1. The molecular formula is C15H22N2O3. The van der Waals surface area contributed by atoms with Crippen LogP contribution in [0.4, 0.5) is 5.82 Å². The Morgan fingerprint density at radius 3 is 2.40 bits per heavy atom. The van der Waals surface area contributed by atoms with Crippen LogP contribution in [0.2, 0.25) is 0 Å². The van der Waals surface area contributed by atoms with E-state index >= 15 is 0 Å². The highest BCUT2D eigenvalue weighted by Crippen LogP contribution is 2.26. The summed E-state index contributed by atoms with van der Waals surface area (Å²) in [6.45, 7) is 7.47. The van der Waals surface area contributed by atoms with Crippen LogP contribution in [0.25, 0.3) is 0 Å². The number of hydrogen-bond donors (Lipinski definition) is 2. The first-order valence-electron chi connectivity index (χ1n) is 6.96. The van der Waals surface area contributed by atoms with Gasteiger partial charge in [-0.05, 0) is 25.0 Å². The first-order chi connectivity index (χ1) is 9.27. The molecule has 5 heteroatoms. The third kappa shape index (κ3) is 3.28. The van der Waals surface area contributed by atoms with Gasteiger partial charge in [0.15, 0.2) is 0 Å². The van der Waals surface area contributed by atoms with Crippen LogP contribution in [0.3, 0.4) is 0 Å². The molecule has 1 aliphatic rings. The van der Waals surface area contributed by atoms with Gasteiger partial charge in [-0.3, -0.25) is 0 Å². The van der Waals surface area contributed by atoms with Crippen LogP contribution in [0, 0.1) is 0 Å². The van der Waals surface area contributed by atoms with Crippen LogP contribution < -0.4 is 4.90 Å². The molecular weight excluding hydrogens is 256 g/mol. The Morgan fingerprint density at radius 2 is 1.90 bits per heavy atom. The van der Waals surface area contributed by atoms with Gasteiger partial charge in [0, 0.05) is 24.2 Å². The summed E-state index contributed by atoms with van der Waals surface area (Å²) in [5, 5.41) is 18.8. The van der Waals surface area contributed by atoms with E-state index in [1.54, 1.807) is 12.1 Å². The largest absolute Gasteiger partial charge is 0.478 e. The highest BCUT2D eigenvalue weighted by Gasteiger charge is 2.23. The molecule has 20 heavy (non-hydrogen) atoms. The van der Waals surface area contributed by atoms with Crippen LogP contribution in [-0.2, 0) is 5.41 Å². The molecule has 0 spiro atoms. The van der Waals surface area contributed by atoms with Gasteiger partial charge < -0.3 is 15.1 Å². The van der Waals surface area contributed by atoms with Gasteiger partial charge in [-0.1, -0.05) is 20.8 Å². The number of pyridine rings is 1. The fraction of sp³-hybridized carbons (Fsp3) is 0.600. The molecule has 1 fully saturated rings. The summed E-state index contributed by atoms with van der Waals surface area (Å²) in [4.78, 5) is 17.9. The minimum Gasteiger partial charge on any atom is -0.478 e. The van der Waals surface area contributed by atoms with Crippen LogP contribution in [0.5, 0.6) is 0 Å². The molecule has 0 aromatic carbocycles. The smallest absolute Gasteiger partial charge is 0.335 e. The van der Waals surface area contributed by atoms with Gasteiger partial charge >= 0.3 is 5.97 Å². The molecule has 0 amide bonds. The fourth-order valence-corrected chi connectivity index (χ4v) is 2.28. The van der Waals surface area contributed by atoms with Crippen LogP contribution in [0.15, 0.2) is 12.1 Å². The van der Waals surface area contributed by atoms with Gasteiger partial charge in [0.1, 0.15) is 5.82 Å². The van der Waals surface area contributed by atoms with E-state index in [4.69, 9.17) is 0 Å². The molecule has 0 aliphatic carbocycles. The maximum absolute atomic E-state index is 11.3. The van der Waals surface area contributed by atoms with E-state index in [0.29, 0.717) is 31.7 Å². The first-order valence-corrected chi connectivity index (χ1v) is 6.96. The third-order valence-corrected chi connectivity index (χ3v) is 3.62. The number of rotatable bonds is 2. The minimum atomic E-state index is -0.934. The van der Waals surface area contributed by atoms with Crippen molar-refractivity contribution >= 4 is 11.8 Å². The van der Waals surface area contributed by atoms with Crippen molar-refractivity contribution < 1.29 is 15.0 Å². The number of aliphatic hydroxyl groups is 1. The maximum atomic E-state index is 11.3. The van der Waals surface area contributed by atoms with Crippen LogP contribution >= 0.6 is 0 Å². The van der Waals surface area contributed by atoms with Gasteiger partial charge in [-0.15, -0.1) is 0 Å². The van der Waals surface area contributed by atoms with Crippen molar-refractivity contribution in [2.45, 2.75) is 45.1 Å². The van der Waals surface area contributed by atoms with Gasteiger partial charge in [0.25, 0.3) is 0 Å². The monoisotopic (exact) mass is 278 g/mol. The summed E-state index contributed by atoms with van der Waals surface area (Å²) in [5.41, 5.74) is 0.847. The van der Waals surface area contributed by atoms with Crippen molar-refractivity contribution in [2.24, 2.45) is 0 Å². The predicted octanol–water partition coefficient (Wildman–Crippen LogP) is 2.04. The summed E-state index contributed by atoms with van der Waals surface area (Å²) < 4.78 is 0. The molecule has 110 valence electrons. The summed E-state index contributed by atoms with van der Waals surface area (Å²) in [6.07, 6.45) is 1.14. The van der Waals surface area contributed by atoms with E-state index in [-0.39, 0.29) is 17.1 Å². The number of carbonyl (C=O) groups is 1. The van der Waals surface area contributed by atoms with Crippen molar-refractivity contribution in [3.8, 4) is 0 Å². The van der Waals surface area contributed by atoms with Gasteiger partial charge in [-0.25, -0.2) is 9.78 Å². The zero-order chi connectivity index (χ0) is 14.9. The predicted molar refractivity (Wildman–Crippen MR) is 77.4 cm³/mol. The number of aromatic carboxylic acids is 1. The molecule has 0 saturated carbocycles. The summed E-state index contributed by atoms with van der Waals surface area (Å²) in [5.74, 6) is -0.238. The molecule has 2 rings (SSSR count). The van der Waals surface area contributed by atoms with E-state index in [1.807, 2.05) is 20.8 Å². The highest BCUT2D eigenvalue weighted by atomic mass is 16.4. The first kappa shape index (κ1) is 14.8. The minimum absolute atomic E-state index is 0.199. The molecule has 2 N–H and O–H groups in total. The standard InChI is InChI=1S/C15H22N2O3/c1-15(2,3)12-8-10(14(19)20)9-13(16-12)17-6-4-11(18)5-7-17/h8-9,11,18H,4-7H2,1-3H3,(H,19,20). The molecule has 1 aliphatic heterocycles. The second-order valence-electron chi connectivity index (χ2n) is 6.37. The SMILES string of the molecule is CC(C)(C)c1cc(C(=O)O)cc(N2CCC(O)CC2)n1.